The van der Waals surface area contributed by atoms with Gasteiger partial charge in [-0.25, -0.2) is 23.1 Å². The van der Waals surface area contributed by atoms with Gasteiger partial charge in [0.1, 0.15) is 4.90 Å². The number of hydrogen-bond acceptors (Lipinski definition) is 5. The summed E-state index contributed by atoms with van der Waals surface area (Å²) in [6, 6.07) is -0.0532. The van der Waals surface area contributed by atoms with E-state index >= 15 is 0 Å². The molecule has 0 amide bonds. The number of nitrogens with one attached hydrogen (secondary N) is 1. The Morgan fingerprint density at radius 3 is 2.41 bits per heavy atom. The summed E-state index contributed by atoms with van der Waals surface area (Å²) < 4.78 is 26.5. The van der Waals surface area contributed by atoms with Crippen LogP contribution in [0.5, 0.6) is 0 Å². The quantitative estimate of drug-likeness (QED) is 0.790. The lowest BCUT2D eigenvalue weighted by Gasteiger charge is -2.15. The van der Waals surface area contributed by atoms with Crippen LogP contribution in [0, 0.1) is 0 Å². The molecule has 1 aromatic rings. The van der Waals surface area contributed by atoms with Crippen molar-refractivity contribution in [3.05, 3.63) is 12.4 Å². The molecule has 1 unspecified atom stereocenters. The van der Waals surface area contributed by atoms with Crippen molar-refractivity contribution in [2.45, 2.75) is 44.0 Å². The highest BCUT2D eigenvalue weighted by Crippen LogP contribution is 2.10. The molecule has 0 aliphatic heterocycles. The molecule has 0 aliphatic rings. The fraction of sp³-hybridized carbons (Fsp3) is 0.600. The number of rotatable bonds is 6. The monoisotopic (exact) mass is 258 g/mol. The van der Waals surface area contributed by atoms with E-state index in [1.807, 2.05) is 13.8 Å². The van der Waals surface area contributed by atoms with Crippen LogP contribution in [0.3, 0.4) is 0 Å². The average Bonchev–Trinajstić information content (AvgIpc) is 2.28. The second kappa shape index (κ2) is 5.92. The second-order valence-electron chi connectivity index (χ2n) is 3.79. The Morgan fingerprint density at radius 2 is 1.94 bits per heavy atom. The Hall–Kier alpha value is -1.21. The Balaban J connectivity index is 2.84. The van der Waals surface area contributed by atoms with E-state index in [-0.39, 0.29) is 16.9 Å². The zero-order valence-corrected chi connectivity index (χ0v) is 10.9. The molecule has 1 rings (SSSR count). The molecular weight excluding hydrogens is 240 g/mol. The van der Waals surface area contributed by atoms with Crippen molar-refractivity contribution >= 4 is 16.0 Å². The smallest absolute Gasteiger partial charge is 0.243 e. The predicted octanol–water partition coefficient (Wildman–Crippen LogP) is 0.916. The first kappa shape index (κ1) is 13.9. The zero-order chi connectivity index (χ0) is 12.9. The van der Waals surface area contributed by atoms with Gasteiger partial charge in [0.15, 0.2) is 0 Å². The standard InChI is InChI=1S/C10H18N4O2S/c1-3-5-8(4-2)14-17(15,16)9-6-12-10(11)13-7-9/h6-8,14H,3-5H2,1-2H3,(H2,11,12,13). The van der Waals surface area contributed by atoms with Crippen LogP contribution in [-0.4, -0.2) is 24.4 Å². The van der Waals surface area contributed by atoms with Gasteiger partial charge in [0.2, 0.25) is 16.0 Å². The van der Waals surface area contributed by atoms with Gasteiger partial charge < -0.3 is 5.73 Å². The molecule has 1 aromatic heterocycles. The molecule has 0 saturated carbocycles. The number of anilines is 1. The number of hydrogen-bond donors (Lipinski definition) is 2. The molecule has 0 aromatic carbocycles. The van der Waals surface area contributed by atoms with Crippen molar-refractivity contribution in [3.8, 4) is 0 Å². The van der Waals surface area contributed by atoms with E-state index in [2.05, 4.69) is 14.7 Å². The van der Waals surface area contributed by atoms with Crippen LogP contribution in [0.2, 0.25) is 0 Å². The minimum absolute atomic E-state index is 0.0428. The maximum atomic E-state index is 12.0. The molecule has 0 saturated heterocycles. The lowest BCUT2D eigenvalue weighted by molar-refractivity contribution is 0.512. The lowest BCUT2D eigenvalue weighted by Crippen LogP contribution is -2.34. The molecule has 7 heteroatoms. The van der Waals surface area contributed by atoms with Crippen LogP contribution >= 0.6 is 0 Å². The molecule has 0 radical (unpaired) electrons. The minimum Gasteiger partial charge on any atom is -0.368 e. The average molecular weight is 258 g/mol. The summed E-state index contributed by atoms with van der Waals surface area (Å²) in [5.74, 6) is 0.0598. The van der Waals surface area contributed by atoms with Crippen LogP contribution in [0.1, 0.15) is 33.1 Å². The lowest BCUT2D eigenvalue weighted by atomic mass is 10.1. The van der Waals surface area contributed by atoms with Gasteiger partial charge in [-0.15, -0.1) is 0 Å². The van der Waals surface area contributed by atoms with Crippen molar-refractivity contribution in [3.63, 3.8) is 0 Å². The van der Waals surface area contributed by atoms with Gasteiger partial charge in [0, 0.05) is 6.04 Å². The Labute approximate surface area is 102 Å². The van der Waals surface area contributed by atoms with E-state index in [0.717, 1.165) is 19.3 Å². The van der Waals surface area contributed by atoms with E-state index in [0.29, 0.717) is 0 Å². The largest absolute Gasteiger partial charge is 0.368 e. The van der Waals surface area contributed by atoms with Crippen molar-refractivity contribution in [2.24, 2.45) is 0 Å². The fourth-order valence-electron chi connectivity index (χ4n) is 1.45. The minimum atomic E-state index is -3.54. The summed E-state index contributed by atoms with van der Waals surface area (Å²) in [5, 5.41) is 0. The Morgan fingerprint density at radius 1 is 1.35 bits per heavy atom. The highest BCUT2D eigenvalue weighted by Gasteiger charge is 2.19. The van der Waals surface area contributed by atoms with Crippen LogP contribution in [0.25, 0.3) is 0 Å². The van der Waals surface area contributed by atoms with Gasteiger partial charge in [-0.05, 0) is 12.8 Å². The number of sulfonamides is 1. The molecule has 1 heterocycles. The van der Waals surface area contributed by atoms with Crippen molar-refractivity contribution in [1.82, 2.24) is 14.7 Å². The number of nitrogens with two attached hydrogens (primary N) is 1. The van der Waals surface area contributed by atoms with Gasteiger partial charge in [-0.3, -0.25) is 0 Å². The third-order valence-electron chi connectivity index (χ3n) is 2.41. The van der Waals surface area contributed by atoms with Crippen LogP contribution < -0.4 is 10.5 Å². The van der Waals surface area contributed by atoms with Gasteiger partial charge in [-0.1, -0.05) is 20.3 Å². The van der Waals surface area contributed by atoms with Crippen LogP contribution in [0.4, 0.5) is 5.95 Å². The summed E-state index contributed by atoms with van der Waals surface area (Å²) in [6.07, 6.45) is 4.92. The first-order valence-electron chi connectivity index (χ1n) is 5.59. The summed E-state index contributed by atoms with van der Waals surface area (Å²) in [7, 11) is -3.54. The molecule has 6 nitrogen and oxygen atoms in total. The summed E-state index contributed by atoms with van der Waals surface area (Å²) >= 11 is 0. The van der Waals surface area contributed by atoms with E-state index in [9.17, 15) is 8.42 Å². The van der Waals surface area contributed by atoms with Crippen molar-refractivity contribution < 1.29 is 8.42 Å². The van der Waals surface area contributed by atoms with Crippen LogP contribution in [-0.2, 0) is 10.0 Å². The van der Waals surface area contributed by atoms with E-state index in [1.165, 1.54) is 12.4 Å². The molecule has 0 spiro atoms. The number of aromatic nitrogens is 2. The van der Waals surface area contributed by atoms with E-state index in [4.69, 9.17) is 5.73 Å². The molecule has 17 heavy (non-hydrogen) atoms. The molecule has 0 fully saturated rings. The topological polar surface area (TPSA) is 98.0 Å². The maximum absolute atomic E-state index is 12.0. The van der Waals surface area contributed by atoms with Gasteiger partial charge in [0.25, 0.3) is 0 Å². The molecule has 96 valence electrons. The summed E-state index contributed by atoms with van der Waals surface area (Å²) in [6.45, 7) is 3.96. The Kier molecular flexibility index (Phi) is 4.83. The Bertz CT molecular complexity index is 444. The highest BCUT2D eigenvalue weighted by atomic mass is 32.2. The van der Waals surface area contributed by atoms with E-state index < -0.39 is 10.0 Å². The van der Waals surface area contributed by atoms with Crippen molar-refractivity contribution in [1.29, 1.82) is 0 Å². The highest BCUT2D eigenvalue weighted by molar-refractivity contribution is 7.89. The third kappa shape index (κ3) is 3.94. The molecule has 3 N–H and O–H groups in total. The van der Waals surface area contributed by atoms with Crippen LogP contribution in [0.15, 0.2) is 17.3 Å². The van der Waals surface area contributed by atoms with Gasteiger partial charge in [-0.2, -0.15) is 0 Å². The SMILES string of the molecule is CCCC(CC)NS(=O)(=O)c1cnc(N)nc1. The molecule has 0 bridgehead atoms. The summed E-state index contributed by atoms with van der Waals surface area (Å²) in [5.41, 5.74) is 5.31. The number of nitrogens with zero attached hydrogens (tertiary/aromatic N) is 2. The molecule has 0 aliphatic carbocycles. The van der Waals surface area contributed by atoms with E-state index in [1.54, 1.807) is 0 Å². The fourth-order valence-corrected chi connectivity index (χ4v) is 2.69. The normalized spacial score (nSPS) is 13.5. The van der Waals surface area contributed by atoms with Gasteiger partial charge >= 0.3 is 0 Å². The van der Waals surface area contributed by atoms with Crippen molar-refractivity contribution in [2.75, 3.05) is 5.73 Å². The van der Waals surface area contributed by atoms with Gasteiger partial charge in [0.05, 0.1) is 12.4 Å². The first-order chi connectivity index (χ1) is 7.99. The second-order valence-corrected chi connectivity index (χ2v) is 5.51. The molecule has 1 atom stereocenters. The third-order valence-corrected chi connectivity index (χ3v) is 3.89. The predicted molar refractivity (Wildman–Crippen MR) is 65.8 cm³/mol. The zero-order valence-electron chi connectivity index (χ0n) is 10.0. The molecular formula is C10H18N4O2S. The number of nitrogen functional groups attached to an aromatic ring is 1. The summed E-state index contributed by atoms with van der Waals surface area (Å²) in [4.78, 5) is 7.39. The first-order valence-corrected chi connectivity index (χ1v) is 7.07. The maximum Gasteiger partial charge on any atom is 0.243 e.